The summed E-state index contributed by atoms with van der Waals surface area (Å²) >= 11 is 0. The SMILES string of the molecule is CC[C@H](C)C(=O)N1CC[C@H](Oc2ccc(C(=O)NCc3ccn4ccnc4c3)cc2)C1. The van der Waals surface area contributed by atoms with Gasteiger partial charge in [0.2, 0.25) is 5.91 Å². The number of hydrogen-bond donors (Lipinski definition) is 1. The number of ether oxygens (including phenoxy) is 1. The summed E-state index contributed by atoms with van der Waals surface area (Å²) in [4.78, 5) is 31.0. The van der Waals surface area contributed by atoms with Crippen molar-refractivity contribution in [3.63, 3.8) is 0 Å². The van der Waals surface area contributed by atoms with Gasteiger partial charge in [-0.15, -0.1) is 0 Å². The zero-order valence-electron chi connectivity index (χ0n) is 18.0. The van der Waals surface area contributed by atoms with E-state index in [9.17, 15) is 9.59 Å². The third kappa shape index (κ3) is 4.87. The van der Waals surface area contributed by atoms with Crippen molar-refractivity contribution in [1.82, 2.24) is 19.6 Å². The van der Waals surface area contributed by atoms with E-state index in [-0.39, 0.29) is 23.8 Å². The zero-order chi connectivity index (χ0) is 21.8. The Bertz CT molecular complexity index is 1060. The van der Waals surface area contributed by atoms with E-state index in [4.69, 9.17) is 4.74 Å². The number of hydrogen-bond acceptors (Lipinski definition) is 4. The Morgan fingerprint density at radius 3 is 2.81 bits per heavy atom. The summed E-state index contributed by atoms with van der Waals surface area (Å²) in [7, 11) is 0. The number of pyridine rings is 1. The molecule has 1 N–H and O–H groups in total. The molecule has 1 aromatic carbocycles. The number of carbonyl (C=O) groups is 2. The fourth-order valence-corrected chi connectivity index (χ4v) is 3.73. The molecule has 2 amide bonds. The molecule has 2 atom stereocenters. The van der Waals surface area contributed by atoms with Crippen LogP contribution in [-0.2, 0) is 11.3 Å². The molecule has 2 aromatic heterocycles. The van der Waals surface area contributed by atoms with E-state index >= 15 is 0 Å². The van der Waals surface area contributed by atoms with Crippen LogP contribution < -0.4 is 10.1 Å². The molecule has 7 heteroatoms. The molecule has 3 heterocycles. The third-order valence-electron chi connectivity index (χ3n) is 5.83. The van der Waals surface area contributed by atoms with Crippen LogP contribution in [0.4, 0.5) is 0 Å². The highest BCUT2D eigenvalue weighted by Gasteiger charge is 2.29. The van der Waals surface area contributed by atoms with Crippen LogP contribution in [-0.4, -0.2) is 45.3 Å². The van der Waals surface area contributed by atoms with Crippen molar-refractivity contribution in [1.29, 1.82) is 0 Å². The normalized spacial score (nSPS) is 17.0. The van der Waals surface area contributed by atoms with Gasteiger partial charge in [0.1, 0.15) is 17.5 Å². The smallest absolute Gasteiger partial charge is 0.251 e. The van der Waals surface area contributed by atoms with Crippen molar-refractivity contribution in [3.8, 4) is 5.75 Å². The molecule has 0 unspecified atom stereocenters. The molecule has 0 radical (unpaired) electrons. The molecule has 1 fully saturated rings. The van der Waals surface area contributed by atoms with Crippen molar-refractivity contribution in [2.75, 3.05) is 13.1 Å². The number of imidazole rings is 1. The number of rotatable bonds is 7. The summed E-state index contributed by atoms with van der Waals surface area (Å²) in [6, 6.07) is 11.1. The highest BCUT2D eigenvalue weighted by atomic mass is 16.5. The van der Waals surface area contributed by atoms with Gasteiger partial charge in [-0.1, -0.05) is 13.8 Å². The first-order valence-corrected chi connectivity index (χ1v) is 10.8. The summed E-state index contributed by atoms with van der Waals surface area (Å²) in [5.74, 6) is 0.829. The first-order valence-electron chi connectivity index (χ1n) is 10.8. The maximum atomic E-state index is 12.5. The average Bonchev–Trinajstić information content (AvgIpc) is 3.46. The summed E-state index contributed by atoms with van der Waals surface area (Å²) in [6.45, 7) is 5.78. The van der Waals surface area contributed by atoms with Crippen molar-refractivity contribution in [2.45, 2.75) is 39.3 Å². The molecule has 0 saturated carbocycles. The van der Waals surface area contributed by atoms with Crippen molar-refractivity contribution in [3.05, 3.63) is 66.1 Å². The van der Waals surface area contributed by atoms with Gasteiger partial charge in [-0.05, 0) is 48.4 Å². The van der Waals surface area contributed by atoms with E-state index in [0.717, 1.165) is 30.6 Å². The number of nitrogens with one attached hydrogen (secondary N) is 1. The lowest BCUT2D eigenvalue weighted by molar-refractivity contribution is -0.134. The molecule has 1 aliphatic heterocycles. The first kappa shape index (κ1) is 20.9. The van der Waals surface area contributed by atoms with Crippen LogP contribution in [0.25, 0.3) is 5.65 Å². The fraction of sp³-hybridized carbons (Fsp3) is 0.375. The van der Waals surface area contributed by atoms with Crippen LogP contribution in [0.1, 0.15) is 42.6 Å². The zero-order valence-corrected chi connectivity index (χ0v) is 18.0. The van der Waals surface area contributed by atoms with Gasteiger partial charge < -0.3 is 19.4 Å². The second-order valence-electron chi connectivity index (χ2n) is 8.06. The van der Waals surface area contributed by atoms with Gasteiger partial charge in [0.15, 0.2) is 0 Å². The van der Waals surface area contributed by atoms with E-state index in [0.29, 0.717) is 24.4 Å². The number of benzene rings is 1. The largest absolute Gasteiger partial charge is 0.489 e. The second kappa shape index (κ2) is 9.20. The third-order valence-corrected chi connectivity index (χ3v) is 5.83. The standard InChI is InChI=1S/C24H28N4O3/c1-3-17(2)24(30)28-12-9-21(16-28)31-20-6-4-19(5-7-20)23(29)26-15-18-8-11-27-13-10-25-22(27)14-18/h4-8,10-11,13-14,17,21H,3,9,12,15-16H2,1-2H3,(H,26,29)/t17-,21-/m0/s1. The summed E-state index contributed by atoms with van der Waals surface area (Å²) in [5.41, 5.74) is 2.42. The minimum atomic E-state index is -0.138. The lowest BCUT2D eigenvalue weighted by Crippen LogP contribution is -2.34. The monoisotopic (exact) mass is 420 g/mol. The Morgan fingerprint density at radius 2 is 2.03 bits per heavy atom. The number of nitrogens with zero attached hydrogens (tertiary/aromatic N) is 3. The van der Waals surface area contributed by atoms with E-state index in [2.05, 4.69) is 10.3 Å². The Morgan fingerprint density at radius 1 is 1.23 bits per heavy atom. The minimum Gasteiger partial charge on any atom is -0.489 e. The Labute approximate surface area is 182 Å². The Hall–Kier alpha value is -3.35. The van der Waals surface area contributed by atoms with Crippen LogP contribution in [0.2, 0.25) is 0 Å². The lowest BCUT2D eigenvalue weighted by Gasteiger charge is -2.20. The number of aromatic nitrogens is 2. The number of amides is 2. The van der Waals surface area contributed by atoms with Gasteiger partial charge in [0.25, 0.3) is 5.91 Å². The average molecular weight is 421 g/mol. The maximum Gasteiger partial charge on any atom is 0.251 e. The van der Waals surface area contributed by atoms with Gasteiger partial charge in [-0.25, -0.2) is 4.98 Å². The molecular weight excluding hydrogens is 392 g/mol. The topological polar surface area (TPSA) is 75.9 Å². The molecule has 31 heavy (non-hydrogen) atoms. The van der Waals surface area contributed by atoms with E-state index in [1.54, 1.807) is 18.3 Å². The number of carbonyl (C=O) groups excluding carboxylic acids is 2. The molecule has 1 saturated heterocycles. The number of likely N-dealkylation sites (tertiary alicyclic amines) is 1. The summed E-state index contributed by atoms with van der Waals surface area (Å²) < 4.78 is 7.96. The van der Waals surface area contributed by atoms with Crippen LogP contribution in [0.3, 0.4) is 0 Å². The highest BCUT2D eigenvalue weighted by molar-refractivity contribution is 5.94. The molecule has 0 spiro atoms. The van der Waals surface area contributed by atoms with Crippen LogP contribution in [0.5, 0.6) is 5.75 Å². The Balaban J connectivity index is 1.28. The molecule has 4 rings (SSSR count). The van der Waals surface area contributed by atoms with Crippen LogP contribution >= 0.6 is 0 Å². The molecule has 0 bridgehead atoms. The van der Waals surface area contributed by atoms with Crippen molar-refractivity contribution >= 4 is 17.5 Å². The van der Waals surface area contributed by atoms with Gasteiger partial charge in [0, 0.05) is 49.6 Å². The number of fused-ring (bicyclic) bond motifs is 1. The minimum absolute atomic E-state index is 0.00901. The predicted octanol–water partition coefficient (Wildman–Crippen LogP) is 3.29. The van der Waals surface area contributed by atoms with E-state index in [1.807, 2.05) is 59.8 Å². The lowest BCUT2D eigenvalue weighted by atomic mass is 10.1. The summed E-state index contributed by atoms with van der Waals surface area (Å²) in [5, 5.41) is 2.94. The van der Waals surface area contributed by atoms with Gasteiger partial charge in [-0.3, -0.25) is 9.59 Å². The van der Waals surface area contributed by atoms with Gasteiger partial charge in [-0.2, -0.15) is 0 Å². The van der Waals surface area contributed by atoms with Crippen LogP contribution in [0.15, 0.2) is 55.0 Å². The van der Waals surface area contributed by atoms with E-state index < -0.39 is 0 Å². The van der Waals surface area contributed by atoms with Gasteiger partial charge in [0.05, 0.1) is 6.54 Å². The Kier molecular flexibility index (Phi) is 6.21. The first-order chi connectivity index (χ1) is 15.0. The van der Waals surface area contributed by atoms with Gasteiger partial charge >= 0.3 is 0 Å². The second-order valence-corrected chi connectivity index (χ2v) is 8.06. The molecule has 162 valence electrons. The van der Waals surface area contributed by atoms with Crippen molar-refractivity contribution < 1.29 is 14.3 Å². The summed E-state index contributed by atoms with van der Waals surface area (Å²) in [6.07, 6.45) is 7.22. The molecule has 1 aliphatic rings. The van der Waals surface area contributed by atoms with E-state index in [1.165, 1.54) is 0 Å². The molecular formula is C24H28N4O3. The quantitative estimate of drug-likeness (QED) is 0.636. The molecule has 3 aromatic rings. The molecule has 0 aliphatic carbocycles. The van der Waals surface area contributed by atoms with Crippen LogP contribution in [0, 0.1) is 5.92 Å². The van der Waals surface area contributed by atoms with Crippen molar-refractivity contribution in [2.24, 2.45) is 5.92 Å². The molecule has 7 nitrogen and oxygen atoms in total. The fourth-order valence-electron chi connectivity index (χ4n) is 3.73. The highest BCUT2D eigenvalue weighted by Crippen LogP contribution is 2.21. The predicted molar refractivity (Wildman–Crippen MR) is 118 cm³/mol. The maximum absolute atomic E-state index is 12.5.